The van der Waals surface area contributed by atoms with E-state index < -0.39 is 22.3 Å². The van der Waals surface area contributed by atoms with Crippen molar-refractivity contribution in [1.29, 1.82) is 0 Å². The number of amides is 2. The van der Waals surface area contributed by atoms with E-state index in [9.17, 15) is 19.7 Å². The molecule has 0 aliphatic carbocycles. The fraction of sp³-hybridized carbons (Fsp3) is 0.333. The minimum absolute atomic E-state index is 0.0266. The second kappa shape index (κ2) is 5.55. The number of primary amides is 1. The van der Waals surface area contributed by atoms with Gasteiger partial charge in [0.2, 0.25) is 5.91 Å². The van der Waals surface area contributed by atoms with Crippen molar-refractivity contribution in [3.8, 4) is 0 Å². The molecule has 0 atom stereocenters. The van der Waals surface area contributed by atoms with Crippen molar-refractivity contribution in [2.24, 2.45) is 5.73 Å². The molecule has 8 nitrogen and oxygen atoms in total. The van der Waals surface area contributed by atoms with Crippen LogP contribution in [0.25, 0.3) is 0 Å². The van der Waals surface area contributed by atoms with Gasteiger partial charge in [-0.1, -0.05) is 0 Å². The van der Waals surface area contributed by atoms with Crippen molar-refractivity contribution in [3.05, 3.63) is 33.9 Å². The predicted molar refractivity (Wildman–Crippen MR) is 72.9 cm³/mol. The number of nitro groups is 1. The fourth-order valence-corrected chi connectivity index (χ4v) is 1.72. The maximum Gasteiger partial charge on any atom is 0.292 e. The highest BCUT2D eigenvalue weighted by Gasteiger charge is 2.24. The lowest BCUT2D eigenvalue weighted by atomic mass is 9.99. The van der Waals surface area contributed by atoms with Gasteiger partial charge in [0, 0.05) is 23.6 Å². The summed E-state index contributed by atoms with van der Waals surface area (Å²) in [5.74, 6) is -1.03. The van der Waals surface area contributed by atoms with Crippen LogP contribution in [0.15, 0.2) is 18.2 Å². The topological polar surface area (TPSA) is 141 Å². The minimum Gasteiger partial charge on any atom is -0.393 e. The number of nitrogens with two attached hydrogens (primary N) is 2. The van der Waals surface area contributed by atoms with E-state index in [1.807, 2.05) is 0 Å². The number of nitro benzene ring substituents is 1. The smallest absolute Gasteiger partial charge is 0.292 e. The number of hydrogen-bond donors (Lipinski definition) is 3. The van der Waals surface area contributed by atoms with Crippen molar-refractivity contribution in [1.82, 2.24) is 5.32 Å². The van der Waals surface area contributed by atoms with Crippen molar-refractivity contribution in [2.45, 2.75) is 25.8 Å². The molecule has 0 spiro atoms. The van der Waals surface area contributed by atoms with Crippen LogP contribution < -0.4 is 16.8 Å². The van der Waals surface area contributed by atoms with Gasteiger partial charge in [0.25, 0.3) is 11.6 Å². The van der Waals surface area contributed by atoms with Gasteiger partial charge in [0.1, 0.15) is 5.69 Å². The molecule has 8 heteroatoms. The number of nitrogen functional groups attached to an aromatic ring is 1. The highest BCUT2D eigenvalue weighted by molar-refractivity contribution is 5.96. The summed E-state index contributed by atoms with van der Waals surface area (Å²) >= 11 is 0. The predicted octanol–water partition coefficient (Wildman–Crippen LogP) is 0.561. The summed E-state index contributed by atoms with van der Waals surface area (Å²) in [6, 6.07) is 3.67. The molecule has 108 valence electrons. The van der Waals surface area contributed by atoms with E-state index in [1.54, 1.807) is 13.8 Å². The number of nitrogens with zero attached hydrogens (tertiary/aromatic N) is 1. The maximum absolute atomic E-state index is 12.0. The van der Waals surface area contributed by atoms with E-state index in [1.165, 1.54) is 12.1 Å². The SMILES string of the molecule is CC(C)(CC(N)=O)NC(=O)c1ccc([N+](=O)[O-])c(N)c1. The van der Waals surface area contributed by atoms with Crippen LogP contribution in [0, 0.1) is 10.1 Å². The van der Waals surface area contributed by atoms with Gasteiger partial charge in [-0.15, -0.1) is 0 Å². The Balaban J connectivity index is 2.91. The molecular weight excluding hydrogens is 264 g/mol. The number of anilines is 1. The Morgan fingerprint density at radius 1 is 1.40 bits per heavy atom. The summed E-state index contributed by atoms with van der Waals surface area (Å²) in [4.78, 5) is 32.9. The summed E-state index contributed by atoms with van der Waals surface area (Å²) in [5, 5.41) is 13.2. The average Bonchev–Trinajstić information content (AvgIpc) is 2.25. The molecule has 0 fully saturated rings. The second-order valence-corrected chi connectivity index (χ2v) is 5.01. The molecule has 0 aliphatic rings. The van der Waals surface area contributed by atoms with E-state index in [0.29, 0.717) is 0 Å². The fourth-order valence-electron chi connectivity index (χ4n) is 1.72. The van der Waals surface area contributed by atoms with Crippen LogP contribution in [-0.2, 0) is 4.79 Å². The molecule has 1 aromatic rings. The monoisotopic (exact) mass is 280 g/mol. The van der Waals surface area contributed by atoms with Crippen LogP contribution in [0.3, 0.4) is 0 Å². The highest BCUT2D eigenvalue weighted by Crippen LogP contribution is 2.22. The Hall–Kier alpha value is -2.64. The quantitative estimate of drug-likeness (QED) is 0.410. The summed E-state index contributed by atoms with van der Waals surface area (Å²) in [5.41, 5.74) is 9.58. The molecule has 0 heterocycles. The van der Waals surface area contributed by atoms with Gasteiger partial charge in [0.15, 0.2) is 0 Å². The molecule has 0 saturated carbocycles. The molecule has 0 aromatic heterocycles. The lowest BCUT2D eigenvalue weighted by Gasteiger charge is -2.24. The van der Waals surface area contributed by atoms with Crippen molar-refractivity contribution in [3.63, 3.8) is 0 Å². The molecule has 0 unspecified atom stereocenters. The van der Waals surface area contributed by atoms with Crippen LogP contribution in [0.1, 0.15) is 30.6 Å². The van der Waals surface area contributed by atoms with Gasteiger partial charge in [-0.2, -0.15) is 0 Å². The molecule has 1 aromatic carbocycles. The van der Waals surface area contributed by atoms with Crippen molar-refractivity contribution < 1.29 is 14.5 Å². The van der Waals surface area contributed by atoms with E-state index in [-0.39, 0.29) is 23.4 Å². The zero-order valence-electron chi connectivity index (χ0n) is 11.2. The molecule has 5 N–H and O–H groups in total. The number of nitrogens with one attached hydrogen (secondary N) is 1. The van der Waals surface area contributed by atoms with E-state index in [0.717, 1.165) is 6.07 Å². The van der Waals surface area contributed by atoms with Crippen LogP contribution >= 0.6 is 0 Å². The van der Waals surface area contributed by atoms with Crippen molar-refractivity contribution in [2.75, 3.05) is 5.73 Å². The first kappa shape index (κ1) is 15.4. The molecule has 0 saturated heterocycles. The average molecular weight is 280 g/mol. The maximum atomic E-state index is 12.0. The van der Waals surface area contributed by atoms with Crippen LogP contribution in [0.2, 0.25) is 0 Å². The molecule has 1 rings (SSSR count). The second-order valence-electron chi connectivity index (χ2n) is 5.01. The summed E-state index contributed by atoms with van der Waals surface area (Å²) < 4.78 is 0. The molecule has 0 bridgehead atoms. The Morgan fingerprint density at radius 2 is 2.00 bits per heavy atom. The lowest BCUT2D eigenvalue weighted by Crippen LogP contribution is -2.46. The minimum atomic E-state index is -0.820. The number of rotatable bonds is 5. The number of hydrogen-bond acceptors (Lipinski definition) is 5. The van der Waals surface area contributed by atoms with Crippen molar-refractivity contribution >= 4 is 23.2 Å². The third kappa shape index (κ3) is 3.94. The molecule has 0 radical (unpaired) electrons. The van der Waals surface area contributed by atoms with E-state index in [2.05, 4.69) is 5.32 Å². The Morgan fingerprint density at radius 3 is 2.45 bits per heavy atom. The summed E-state index contributed by atoms with van der Waals surface area (Å²) in [7, 11) is 0. The van der Waals surface area contributed by atoms with Gasteiger partial charge in [-0.25, -0.2) is 0 Å². The first-order valence-corrected chi connectivity index (χ1v) is 5.77. The van der Waals surface area contributed by atoms with E-state index >= 15 is 0 Å². The number of carbonyl (C=O) groups is 2. The highest BCUT2D eigenvalue weighted by atomic mass is 16.6. The van der Waals surface area contributed by atoms with Gasteiger partial charge < -0.3 is 16.8 Å². The van der Waals surface area contributed by atoms with Gasteiger partial charge in [-0.3, -0.25) is 19.7 Å². The molecule has 2 amide bonds. The standard InChI is InChI=1S/C12H16N4O4/c1-12(2,6-10(14)17)15-11(18)7-3-4-9(16(19)20)8(13)5-7/h3-5H,6,13H2,1-2H3,(H2,14,17)(H,15,18). The molecular formula is C12H16N4O4. The number of benzene rings is 1. The largest absolute Gasteiger partial charge is 0.393 e. The summed E-state index contributed by atoms with van der Waals surface area (Å²) in [6.07, 6.45) is -0.0266. The van der Waals surface area contributed by atoms with Gasteiger partial charge >= 0.3 is 0 Å². The lowest BCUT2D eigenvalue weighted by molar-refractivity contribution is -0.383. The first-order chi connectivity index (χ1) is 9.12. The zero-order valence-corrected chi connectivity index (χ0v) is 11.2. The van der Waals surface area contributed by atoms with Crippen LogP contribution in [0.4, 0.5) is 11.4 Å². The summed E-state index contributed by atoms with van der Waals surface area (Å²) in [6.45, 7) is 3.29. The zero-order chi connectivity index (χ0) is 15.5. The Labute approximate surface area is 115 Å². The van der Waals surface area contributed by atoms with E-state index in [4.69, 9.17) is 11.5 Å². The number of carbonyl (C=O) groups excluding carboxylic acids is 2. The van der Waals surface area contributed by atoms with Gasteiger partial charge in [0.05, 0.1) is 4.92 Å². The molecule has 0 aliphatic heterocycles. The Bertz CT molecular complexity index is 569. The van der Waals surface area contributed by atoms with Crippen LogP contribution in [0.5, 0.6) is 0 Å². The van der Waals surface area contributed by atoms with Gasteiger partial charge in [-0.05, 0) is 26.0 Å². The third-order valence-corrected chi connectivity index (χ3v) is 2.55. The normalized spacial score (nSPS) is 10.9. The Kier molecular flexibility index (Phi) is 4.28. The molecule has 20 heavy (non-hydrogen) atoms. The first-order valence-electron chi connectivity index (χ1n) is 5.77. The third-order valence-electron chi connectivity index (χ3n) is 2.55. The van der Waals surface area contributed by atoms with Crippen LogP contribution in [-0.4, -0.2) is 22.3 Å².